The SMILES string of the molecule is O=C(NCC1(O)CCCCC1)c1cc(I)ccc1Br. The Bertz CT molecular complexity index is 473. The summed E-state index contributed by atoms with van der Waals surface area (Å²) < 4.78 is 1.79. The summed E-state index contributed by atoms with van der Waals surface area (Å²) in [5, 5.41) is 13.2. The number of amides is 1. The van der Waals surface area contributed by atoms with Gasteiger partial charge in [0.05, 0.1) is 11.2 Å². The van der Waals surface area contributed by atoms with E-state index in [0.29, 0.717) is 12.1 Å². The summed E-state index contributed by atoms with van der Waals surface area (Å²) in [5.74, 6) is -0.135. The van der Waals surface area contributed by atoms with Gasteiger partial charge < -0.3 is 10.4 Å². The van der Waals surface area contributed by atoms with Crippen molar-refractivity contribution in [1.29, 1.82) is 0 Å². The molecule has 3 nitrogen and oxygen atoms in total. The highest BCUT2D eigenvalue weighted by Crippen LogP contribution is 2.27. The van der Waals surface area contributed by atoms with Crippen LogP contribution in [0.25, 0.3) is 0 Å². The molecule has 1 amide bonds. The predicted octanol–water partition coefficient (Wildman–Crippen LogP) is 3.48. The Kier molecular flexibility index (Phi) is 5.25. The van der Waals surface area contributed by atoms with E-state index in [0.717, 1.165) is 33.7 Å². The lowest BCUT2D eigenvalue weighted by atomic mass is 9.85. The van der Waals surface area contributed by atoms with Crippen LogP contribution in [-0.2, 0) is 0 Å². The molecule has 1 fully saturated rings. The summed E-state index contributed by atoms with van der Waals surface area (Å²) in [4.78, 5) is 12.1. The summed E-state index contributed by atoms with van der Waals surface area (Å²) in [6.07, 6.45) is 4.82. The van der Waals surface area contributed by atoms with Gasteiger partial charge in [0.15, 0.2) is 0 Å². The molecule has 1 aliphatic carbocycles. The topological polar surface area (TPSA) is 49.3 Å². The lowest BCUT2D eigenvalue weighted by molar-refractivity contribution is 0.00525. The fourth-order valence-electron chi connectivity index (χ4n) is 2.40. The van der Waals surface area contributed by atoms with Crippen molar-refractivity contribution < 1.29 is 9.90 Å². The Hall–Kier alpha value is -0.140. The molecule has 0 saturated heterocycles. The van der Waals surface area contributed by atoms with Crippen LogP contribution in [0.4, 0.5) is 0 Å². The molecule has 1 aromatic rings. The van der Waals surface area contributed by atoms with Crippen LogP contribution < -0.4 is 5.32 Å². The van der Waals surface area contributed by atoms with Gasteiger partial charge >= 0.3 is 0 Å². The van der Waals surface area contributed by atoms with Crippen LogP contribution in [0.15, 0.2) is 22.7 Å². The molecule has 1 aliphatic rings. The van der Waals surface area contributed by atoms with E-state index in [1.165, 1.54) is 6.42 Å². The van der Waals surface area contributed by atoms with Gasteiger partial charge in [-0.2, -0.15) is 0 Å². The van der Waals surface area contributed by atoms with Crippen LogP contribution in [0.1, 0.15) is 42.5 Å². The van der Waals surface area contributed by atoms with Gasteiger partial charge in [-0.1, -0.05) is 19.3 Å². The normalized spacial score (nSPS) is 18.1. The molecule has 2 N–H and O–H groups in total. The second-order valence-corrected chi connectivity index (χ2v) is 7.19. The third kappa shape index (κ3) is 4.16. The third-order valence-corrected chi connectivity index (χ3v) is 4.90. The van der Waals surface area contributed by atoms with Gasteiger partial charge in [-0.15, -0.1) is 0 Å². The maximum atomic E-state index is 12.1. The summed E-state index contributed by atoms with van der Waals surface area (Å²) >= 11 is 5.56. The van der Waals surface area contributed by atoms with Crippen molar-refractivity contribution in [2.75, 3.05) is 6.54 Å². The van der Waals surface area contributed by atoms with Gasteiger partial charge in [0.25, 0.3) is 5.91 Å². The van der Waals surface area contributed by atoms with E-state index in [2.05, 4.69) is 43.8 Å². The Morgan fingerprint density at radius 1 is 1.37 bits per heavy atom. The zero-order chi connectivity index (χ0) is 13.9. The fraction of sp³-hybridized carbons (Fsp3) is 0.500. The number of carbonyl (C=O) groups excluding carboxylic acids is 1. The quantitative estimate of drug-likeness (QED) is 0.711. The van der Waals surface area contributed by atoms with Crippen molar-refractivity contribution in [3.8, 4) is 0 Å². The van der Waals surface area contributed by atoms with Crippen molar-refractivity contribution in [2.24, 2.45) is 0 Å². The maximum Gasteiger partial charge on any atom is 0.252 e. The molecule has 5 heteroatoms. The summed E-state index contributed by atoms with van der Waals surface area (Å²) in [6, 6.07) is 5.65. The van der Waals surface area contributed by atoms with Crippen LogP contribution in [0.5, 0.6) is 0 Å². The minimum Gasteiger partial charge on any atom is -0.388 e. The number of hydrogen-bond donors (Lipinski definition) is 2. The Morgan fingerprint density at radius 2 is 2.05 bits per heavy atom. The minimum absolute atomic E-state index is 0.135. The molecule has 0 aromatic heterocycles. The second kappa shape index (κ2) is 6.54. The fourth-order valence-corrected chi connectivity index (χ4v) is 3.32. The van der Waals surface area contributed by atoms with E-state index in [-0.39, 0.29) is 5.91 Å². The molecule has 0 atom stereocenters. The lowest BCUT2D eigenvalue weighted by Crippen LogP contribution is -2.44. The first-order valence-corrected chi connectivity index (χ1v) is 8.33. The average Bonchev–Trinajstić information content (AvgIpc) is 2.40. The highest BCUT2D eigenvalue weighted by atomic mass is 127. The molecule has 19 heavy (non-hydrogen) atoms. The van der Waals surface area contributed by atoms with Crippen LogP contribution in [-0.4, -0.2) is 23.2 Å². The number of nitrogens with one attached hydrogen (secondary N) is 1. The minimum atomic E-state index is -0.720. The highest BCUT2D eigenvalue weighted by Gasteiger charge is 2.29. The molecular weight excluding hydrogens is 421 g/mol. The van der Waals surface area contributed by atoms with E-state index >= 15 is 0 Å². The van der Waals surface area contributed by atoms with Gasteiger partial charge in [0, 0.05) is 14.6 Å². The smallest absolute Gasteiger partial charge is 0.252 e. The summed E-state index contributed by atoms with van der Waals surface area (Å²) in [7, 11) is 0. The Morgan fingerprint density at radius 3 is 2.74 bits per heavy atom. The van der Waals surface area contributed by atoms with Gasteiger partial charge in [0.1, 0.15) is 0 Å². The zero-order valence-electron chi connectivity index (χ0n) is 10.6. The van der Waals surface area contributed by atoms with Crippen molar-refractivity contribution >= 4 is 44.4 Å². The van der Waals surface area contributed by atoms with Crippen molar-refractivity contribution in [3.05, 3.63) is 31.8 Å². The number of hydrogen-bond acceptors (Lipinski definition) is 2. The van der Waals surface area contributed by atoms with Crippen molar-refractivity contribution in [3.63, 3.8) is 0 Å². The number of aliphatic hydroxyl groups is 1. The van der Waals surface area contributed by atoms with Gasteiger partial charge in [0.2, 0.25) is 0 Å². The van der Waals surface area contributed by atoms with Crippen LogP contribution in [0, 0.1) is 3.57 Å². The largest absolute Gasteiger partial charge is 0.388 e. The molecule has 1 aromatic carbocycles. The van der Waals surface area contributed by atoms with Crippen LogP contribution in [0.3, 0.4) is 0 Å². The summed E-state index contributed by atoms with van der Waals surface area (Å²) in [5.41, 5.74) is -0.103. The van der Waals surface area contributed by atoms with E-state index in [1.807, 2.05) is 18.2 Å². The maximum absolute atomic E-state index is 12.1. The number of carbonyl (C=O) groups is 1. The highest BCUT2D eigenvalue weighted by molar-refractivity contribution is 14.1. The van der Waals surface area contributed by atoms with E-state index in [4.69, 9.17) is 0 Å². The number of rotatable bonds is 3. The molecule has 0 radical (unpaired) electrons. The molecule has 0 aliphatic heterocycles. The zero-order valence-corrected chi connectivity index (χ0v) is 14.3. The van der Waals surface area contributed by atoms with E-state index in [9.17, 15) is 9.90 Å². The Labute approximate surface area is 135 Å². The average molecular weight is 438 g/mol. The van der Waals surface area contributed by atoms with Gasteiger partial charge in [-0.3, -0.25) is 4.79 Å². The number of halogens is 2. The van der Waals surface area contributed by atoms with E-state index in [1.54, 1.807) is 0 Å². The number of benzene rings is 1. The molecule has 0 spiro atoms. The first kappa shape index (κ1) is 15.3. The van der Waals surface area contributed by atoms with Crippen molar-refractivity contribution in [2.45, 2.75) is 37.7 Å². The van der Waals surface area contributed by atoms with Crippen molar-refractivity contribution in [1.82, 2.24) is 5.32 Å². The molecule has 0 heterocycles. The molecule has 0 unspecified atom stereocenters. The first-order valence-electron chi connectivity index (χ1n) is 6.46. The van der Waals surface area contributed by atoms with Crippen LogP contribution >= 0.6 is 38.5 Å². The van der Waals surface area contributed by atoms with E-state index < -0.39 is 5.60 Å². The van der Waals surface area contributed by atoms with Gasteiger partial charge in [-0.05, 0) is 69.6 Å². The molecule has 0 bridgehead atoms. The standard InChI is InChI=1S/C14H17BrINO2/c15-12-5-4-10(16)8-11(12)13(18)17-9-14(19)6-2-1-3-7-14/h4-5,8,19H,1-3,6-7,9H2,(H,17,18). The predicted molar refractivity (Wildman–Crippen MR) is 87.2 cm³/mol. The monoisotopic (exact) mass is 437 g/mol. The second-order valence-electron chi connectivity index (χ2n) is 5.09. The summed E-state index contributed by atoms with van der Waals surface area (Å²) in [6.45, 7) is 0.337. The molecule has 104 valence electrons. The van der Waals surface area contributed by atoms with Gasteiger partial charge in [-0.25, -0.2) is 0 Å². The Balaban J connectivity index is 1.99. The van der Waals surface area contributed by atoms with Crippen LogP contribution in [0.2, 0.25) is 0 Å². The third-order valence-electron chi connectivity index (χ3n) is 3.54. The molecule has 2 rings (SSSR count). The first-order chi connectivity index (χ1) is 9.00. The lowest BCUT2D eigenvalue weighted by Gasteiger charge is -2.32. The molecule has 1 saturated carbocycles. The molecular formula is C14H17BrINO2.